The molecule has 0 radical (unpaired) electrons. The van der Waals surface area contributed by atoms with E-state index in [1.54, 1.807) is 0 Å². The molecule has 9 heteroatoms. The van der Waals surface area contributed by atoms with Crippen LogP contribution in [0.3, 0.4) is 0 Å². The predicted octanol–water partition coefficient (Wildman–Crippen LogP) is 4.74. The fourth-order valence-electron chi connectivity index (χ4n) is 3.68. The van der Waals surface area contributed by atoms with E-state index in [4.69, 9.17) is 14.8 Å². The zero-order chi connectivity index (χ0) is 20.4. The molecule has 4 rings (SSSR count). The molecule has 0 saturated heterocycles. The summed E-state index contributed by atoms with van der Waals surface area (Å²) in [6.45, 7) is 2.71. The summed E-state index contributed by atoms with van der Waals surface area (Å²) >= 11 is 0.924. The van der Waals surface area contributed by atoms with Gasteiger partial charge in [0.2, 0.25) is 5.58 Å². The molecule has 0 aliphatic heterocycles. The lowest BCUT2D eigenvalue weighted by atomic mass is 10.1. The highest BCUT2D eigenvalue weighted by Crippen LogP contribution is 2.32. The Bertz CT molecular complexity index is 1180. The first-order valence-electron chi connectivity index (χ1n) is 9.32. The maximum atomic E-state index is 10.7. The second-order valence-corrected chi connectivity index (χ2v) is 7.68. The van der Waals surface area contributed by atoms with E-state index in [1.165, 1.54) is 0 Å². The molecule has 4 aromatic rings. The van der Waals surface area contributed by atoms with Gasteiger partial charge in [0.15, 0.2) is 6.54 Å². The number of aliphatic carboxylic acids is 1. The molecule has 8 nitrogen and oxygen atoms in total. The van der Waals surface area contributed by atoms with Gasteiger partial charge in [0.05, 0.1) is 24.5 Å². The highest BCUT2D eigenvalue weighted by Gasteiger charge is 2.21. The molecule has 152 valence electrons. The molecule has 0 aliphatic rings. The van der Waals surface area contributed by atoms with E-state index in [2.05, 4.69) is 25.0 Å². The molecule has 2 aromatic heterocycles. The molecule has 2 aromatic carbocycles. The van der Waals surface area contributed by atoms with Crippen LogP contribution < -0.4 is 4.57 Å². The van der Waals surface area contributed by atoms with E-state index in [-0.39, 0.29) is 6.42 Å². The Kier molecular flexibility index (Phi) is 5.72. The van der Waals surface area contributed by atoms with Gasteiger partial charge < -0.3 is 14.5 Å². The van der Waals surface area contributed by atoms with E-state index < -0.39 is 5.97 Å². The normalized spacial score (nSPS) is 11.8. The molecule has 0 amide bonds. The largest absolute Gasteiger partial charge is 0.481 e. The van der Waals surface area contributed by atoms with E-state index in [9.17, 15) is 4.79 Å². The molecule has 0 atom stereocenters. The number of hydrogen-bond donors (Lipinski definition) is 3. The number of hydrogen-bond acceptors (Lipinski definition) is 6. The van der Waals surface area contributed by atoms with Crippen LogP contribution in [0, 0.1) is 6.92 Å². The number of carboxylic acids is 1. The summed E-state index contributed by atoms with van der Waals surface area (Å²) in [6, 6.07) is 9.88. The molecule has 3 N–H and O–H groups in total. The minimum atomic E-state index is -0.752. The number of benzene rings is 2. The van der Waals surface area contributed by atoms with Crippen LogP contribution in [0.1, 0.15) is 31.6 Å². The van der Waals surface area contributed by atoms with Gasteiger partial charge in [0.25, 0.3) is 5.52 Å². The number of carbonyl (C=O) groups is 1. The summed E-state index contributed by atoms with van der Waals surface area (Å²) in [5.74, 6) is 0.0674. The Morgan fingerprint density at radius 2 is 2.00 bits per heavy atom. The van der Waals surface area contributed by atoms with E-state index >= 15 is 0 Å². The number of rotatable bonds is 9. The lowest BCUT2D eigenvalue weighted by Gasteiger charge is -1.98. The van der Waals surface area contributed by atoms with Gasteiger partial charge >= 0.3 is 11.9 Å². The number of oxazole rings is 1. The second-order valence-electron chi connectivity index (χ2n) is 6.90. The summed E-state index contributed by atoms with van der Waals surface area (Å²) in [4.78, 5) is 14.8. The quantitative estimate of drug-likeness (QED) is 0.119. The van der Waals surface area contributed by atoms with E-state index in [0.29, 0.717) is 6.42 Å². The van der Waals surface area contributed by atoms with Crippen molar-refractivity contribution in [3.8, 4) is 0 Å². The minimum Gasteiger partial charge on any atom is -0.481 e. The number of carboxylic acid groups (broad SMARTS) is 1. The number of nitrogens with zero attached hydrogens (tertiary/aromatic N) is 1. The zero-order valence-electron chi connectivity index (χ0n) is 15.8. The minimum absolute atomic E-state index is 0.205. The second kappa shape index (κ2) is 8.42. The SMILES string of the molecule is Cc1oc2cc3[nH]c4ccc(SOOO)cc4c3cc2[n+]1CCCCCC(=O)O. The summed E-state index contributed by atoms with van der Waals surface area (Å²) in [7, 11) is 0. The first kappa shape index (κ1) is 19.7. The number of nitrogens with one attached hydrogen (secondary N) is 1. The highest BCUT2D eigenvalue weighted by molar-refractivity contribution is 7.94. The predicted molar refractivity (Wildman–Crippen MR) is 107 cm³/mol. The smallest absolute Gasteiger partial charge is 0.344 e. The van der Waals surface area contributed by atoms with Crippen molar-refractivity contribution >= 4 is 50.9 Å². The molecule has 29 heavy (non-hydrogen) atoms. The number of fused-ring (bicyclic) bond motifs is 4. The van der Waals surface area contributed by atoms with Crippen molar-refractivity contribution in [2.75, 3.05) is 0 Å². The molecule has 0 unspecified atom stereocenters. The van der Waals surface area contributed by atoms with E-state index in [1.807, 2.05) is 31.2 Å². The molecule has 0 aliphatic carbocycles. The third kappa shape index (κ3) is 4.08. The zero-order valence-corrected chi connectivity index (χ0v) is 16.6. The van der Waals surface area contributed by atoms with Crippen LogP contribution in [0.15, 0.2) is 39.6 Å². The maximum absolute atomic E-state index is 10.7. The highest BCUT2D eigenvalue weighted by atomic mass is 32.2. The monoisotopic (exact) mass is 417 g/mol. The molecular formula is C20H21N2O6S+. The standard InChI is InChI=1S/C20H20N2O6S/c1-12-22(8-4-2-3-5-20(23)24)18-10-15-14-9-13(29-28-27-25)6-7-16(14)21-17(15)11-19(18)26-12/h6-7,9-11,21H,2-5,8H2,1H3,(H-,23,24,25)/p+1. The fourth-order valence-corrected chi connectivity index (χ4v) is 4.08. The molecule has 0 spiro atoms. The number of H-pyrrole nitrogens is 1. The van der Waals surface area contributed by atoms with Gasteiger partial charge in [-0.2, -0.15) is 4.57 Å². The lowest BCUT2D eigenvalue weighted by Crippen LogP contribution is -2.35. The molecule has 2 heterocycles. The molecule has 0 fully saturated rings. The number of aromatic amines is 1. The van der Waals surface area contributed by atoms with Crippen LogP contribution in [0.25, 0.3) is 32.9 Å². The lowest BCUT2D eigenvalue weighted by molar-refractivity contribution is -0.683. The first-order valence-corrected chi connectivity index (χ1v) is 10.1. The van der Waals surface area contributed by atoms with Gasteiger partial charge in [-0.1, -0.05) is 5.04 Å². The van der Waals surface area contributed by atoms with Gasteiger partial charge in [-0.25, -0.2) is 5.26 Å². The molecule has 0 saturated carbocycles. The number of unbranched alkanes of at least 4 members (excludes halogenated alkanes) is 2. The summed E-state index contributed by atoms with van der Waals surface area (Å²) < 4.78 is 12.6. The van der Waals surface area contributed by atoms with Crippen molar-refractivity contribution in [2.45, 2.75) is 44.0 Å². The third-order valence-corrected chi connectivity index (χ3v) is 5.59. The van der Waals surface area contributed by atoms with Crippen molar-refractivity contribution in [2.24, 2.45) is 0 Å². The van der Waals surface area contributed by atoms with Crippen LogP contribution >= 0.6 is 12.0 Å². The Balaban J connectivity index is 1.67. The molecular weight excluding hydrogens is 396 g/mol. The first-order chi connectivity index (χ1) is 14.1. The van der Waals surface area contributed by atoms with Gasteiger partial charge in [-0.15, -0.1) is 4.33 Å². The van der Waals surface area contributed by atoms with Crippen LogP contribution in [0.5, 0.6) is 0 Å². The van der Waals surface area contributed by atoms with Crippen LogP contribution in [-0.2, 0) is 20.7 Å². The van der Waals surface area contributed by atoms with Crippen LogP contribution in [0.4, 0.5) is 0 Å². The van der Waals surface area contributed by atoms with Gasteiger partial charge in [0.1, 0.15) is 0 Å². The Labute approximate surface area is 170 Å². The van der Waals surface area contributed by atoms with Crippen molar-refractivity contribution in [1.29, 1.82) is 0 Å². The third-order valence-electron chi connectivity index (χ3n) is 5.01. The van der Waals surface area contributed by atoms with Gasteiger partial charge in [-0.05, 0) is 31.0 Å². The van der Waals surface area contributed by atoms with Crippen LogP contribution in [0.2, 0.25) is 0 Å². The van der Waals surface area contributed by atoms with Gasteiger partial charge in [0, 0.05) is 46.2 Å². The van der Waals surface area contributed by atoms with Crippen molar-refractivity contribution in [3.05, 3.63) is 36.2 Å². The van der Waals surface area contributed by atoms with Crippen LogP contribution in [-0.4, -0.2) is 21.3 Å². The topological polar surface area (TPSA) is 109 Å². The van der Waals surface area contributed by atoms with Crippen molar-refractivity contribution < 1.29 is 33.5 Å². The van der Waals surface area contributed by atoms with Crippen molar-refractivity contribution in [3.63, 3.8) is 0 Å². The summed E-state index contributed by atoms with van der Waals surface area (Å²) in [6.07, 6.45) is 2.63. The Morgan fingerprint density at radius 3 is 2.79 bits per heavy atom. The van der Waals surface area contributed by atoms with Gasteiger partial charge in [-0.3, -0.25) is 4.79 Å². The average molecular weight is 417 g/mol. The summed E-state index contributed by atoms with van der Waals surface area (Å²) in [5, 5.41) is 22.9. The van der Waals surface area contributed by atoms with Crippen molar-refractivity contribution in [1.82, 2.24) is 4.98 Å². The number of aromatic nitrogens is 2. The number of aryl methyl sites for hydroxylation is 2. The maximum Gasteiger partial charge on any atom is 0.344 e. The fraction of sp³-hybridized carbons (Fsp3) is 0.300. The Morgan fingerprint density at radius 1 is 1.17 bits per heavy atom. The average Bonchev–Trinajstić information content (AvgIpc) is 3.20. The summed E-state index contributed by atoms with van der Waals surface area (Å²) in [5.41, 5.74) is 3.76. The van der Waals surface area contributed by atoms with E-state index in [0.717, 1.165) is 75.1 Å². The molecule has 0 bridgehead atoms. The Hall–Kier alpha value is -2.59.